The van der Waals surface area contributed by atoms with Crippen molar-refractivity contribution in [3.05, 3.63) is 18.5 Å². The van der Waals surface area contributed by atoms with Crippen LogP contribution in [0, 0.1) is 5.41 Å². The Bertz CT molecular complexity index is 414. The first-order valence-corrected chi connectivity index (χ1v) is 6.36. The summed E-state index contributed by atoms with van der Waals surface area (Å²) in [5, 5.41) is 13.5. The number of rotatable bonds is 3. The molecule has 1 aliphatic carbocycles. The molecule has 1 aromatic rings. The van der Waals surface area contributed by atoms with Crippen LogP contribution in [0.2, 0.25) is 0 Å². The van der Waals surface area contributed by atoms with E-state index in [1.54, 1.807) is 18.5 Å². The fourth-order valence-electron chi connectivity index (χ4n) is 2.47. The molecule has 1 heterocycles. The predicted molar refractivity (Wildman–Crippen MR) is 66.0 cm³/mol. The van der Waals surface area contributed by atoms with Crippen LogP contribution in [0.5, 0.6) is 0 Å². The first-order valence-electron chi connectivity index (χ1n) is 6.36. The Kier molecular flexibility index (Phi) is 3.32. The highest BCUT2D eigenvalue weighted by molar-refractivity contribution is 5.77. The third kappa shape index (κ3) is 2.66. The first-order chi connectivity index (χ1) is 8.44. The summed E-state index contributed by atoms with van der Waals surface area (Å²) in [5.41, 5.74) is -0.954. The number of hydrogen-bond donors (Lipinski definition) is 1. The lowest BCUT2D eigenvalue weighted by molar-refractivity contribution is -0.171. The quantitative estimate of drug-likeness (QED) is 0.837. The Hall–Kier alpha value is -1.52. The maximum absolute atomic E-state index is 11.6. The van der Waals surface area contributed by atoms with Gasteiger partial charge in [0.15, 0.2) is 0 Å². The maximum atomic E-state index is 11.6. The highest BCUT2D eigenvalue weighted by atomic mass is 16.7. The summed E-state index contributed by atoms with van der Waals surface area (Å²) in [6.07, 6.45) is 7.00. The second-order valence-corrected chi connectivity index (χ2v) is 5.82. The highest BCUT2D eigenvalue weighted by Crippen LogP contribution is 2.38. The molecule has 0 spiro atoms. The largest absolute Gasteiger partial charge is 0.478 e. The van der Waals surface area contributed by atoms with Crippen LogP contribution in [0.25, 0.3) is 0 Å². The average molecular weight is 252 g/mol. The summed E-state index contributed by atoms with van der Waals surface area (Å²) in [4.78, 5) is 18.5. The lowest BCUT2D eigenvalue weighted by atomic mass is 9.84. The van der Waals surface area contributed by atoms with Gasteiger partial charge in [0.05, 0.1) is 12.4 Å². The van der Waals surface area contributed by atoms with Crippen LogP contribution >= 0.6 is 0 Å². The van der Waals surface area contributed by atoms with Crippen LogP contribution in [0.1, 0.15) is 46.0 Å². The minimum atomic E-state index is -1.14. The van der Waals surface area contributed by atoms with Crippen molar-refractivity contribution in [3.63, 3.8) is 0 Å². The van der Waals surface area contributed by atoms with Crippen LogP contribution in [-0.2, 0) is 4.79 Å². The molecule has 5 heteroatoms. The van der Waals surface area contributed by atoms with E-state index in [9.17, 15) is 9.90 Å². The van der Waals surface area contributed by atoms with Crippen molar-refractivity contribution in [2.24, 2.45) is 5.41 Å². The van der Waals surface area contributed by atoms with E-state index < -0.39 is 11.6 Å². The molecule has 100 valence electrons. The molecule has 5 nitrogen and oxygen atoms in total. The summed E-state index contributed by atoms with van der Waals surface area (Å²) < 4.78 is 0. The van der Waals surface area contributed by atoms with Gasteiger partial charge in [-0.15, -0.1) is 9.94 Å². The fourth-order valence-corrected chi connectivity index (χ4v) is 2.47. The molecule has 2 rings (SSSR count). The molecule has 0 aliphatic heterocycles. The topological polar surface area (TPSA) is 64.4 Å². The van der Waals surface area contributed by atoms with Crippen LogP contribution in [0.4, 0.5) is 0 Å². The third-order valence-electron chi connectivity index (χ3n) is 3.78. The van der Waals surface area contributed by atoms with E-state index in [0.29, 0.717) is 12.8 Å². The maximum Gasteiger partial charge on any atom is 0.350 e. The summed E-state index contributed by atoms with van der Waals surface area (Å²) in [7, 11) is 0. The molecule has 0 saturated heterocycles. The van der Waals surface area contributed by atoms with E-state index >= 15 is 0 Å². The zero-order valence-corrected chi connectivity index (χ0v) is 10.9. The Morgan fingerprint density at radius 1 is 1.33 bits per heavy atom. The van der Waals surface area contributed by atoms with Crippen molar-refractivity contribution in [2.45, 2.75) is 51.6 Å². The zero-order valence-electron chi connectivity index (χ0n) is 10.9. The molecule has 1 N–H and O–H groups in total. The standard InChI is InChI=1S/C13H20N2O3/c1-12(2)5-3-6-13(8-7-12,11(16)17)18-15-10-4-9-14-15/h4,9-10H,3,5-8H2,1-2H3,(H,16,17). The van der Waals surface area contributed by atoms with Crippen LogP contribution < -0.4 is 4.84 Å². The van der Waals surface area contributed by atoms with Crippen LogP contribution in [0.3, 0.4) is 0 Å². The highest BCUT2D eigenvalue weighted by Gasteiger charge is 2.45. The van der Waals surface area contributed by atoms with Gasteiger partial charge in [-0.05, 0) is 30.7 Å². The molecule has 1 aromatic heterocycles. The summed E-state index contributed by atoms with van der Waals surface area (Å²) in [6, 6.07) is 1.72. The first kappa shape index (κ1) is 12.9. The van der Waals surface area contributed by atoms with Crippen molar-refractivity contribution >= 4 is 5.97 Å². The molecule has 0 radical (unpaired) electrons. The molecule has 1 atom stereocenters. The van der Waals surface area contributed by atoms with E-state index in [-0.39, 0.29) is 5.41 Å². The molecule has 18 heavy (non-hydrogen) atoms. The smallest absolute Gasteiger partial charge is 0.350 e. The second kappa shape index (κ2) is 4.63. The minimum Gasteiger partial charge on any atom is -0.478 e. The van der Waals surface area contributed by atoms with E-state index in [2.05, 4.69) is 18.9 Å². The molecule has 1 saturated carbocycles. The van der Waals surface area contributed by atoms with E-state index in [1.807, 2.05) is 0 Å². The predicted octanol–water partition coefficient (Wildman–Crippen LogP) is 2.13. The summed E-state index contributed by atoms with van der Waals surface area (Å²) >= 11 is 0. The van der Waals surface area contributed by atoms with Gasteiger partial charge in [0.2, 0.25) is 5.60 Å². The number of nitrogens with zero attached hydrogens (tertiary/aromatic N) is 2. The Labute approximate surface area is 107 Å². The number of carboxylic acids is 1. The number of carbonyl (C=O) groups is 1. The molecule has 0 bridgehead atoms. The van der Waals surface area contributed by atoms with E-state index in [0.717, 1.165) is 19.3 Å². The van der Waals surface area contributed by atoms with Gasteiger partial charge in [-0.3, -0.25) is 0 Å². The fraction of sp³-hybridized carbons (Fsp3) is 0.692. The summed E-state index contributed by atoms with van der Waals surface area (Å²) in [6.45, 7) is 4.36. The molecular weight excluding hydrogens is 232 g/mol. The van der Waals surface area contributed by atoms with Crippen molar-refractivity contribution in [2.75, 3.05) is 0 Å². The van der Waals surface area contributed by atoms with Crippen molar-refractivity contribution in [3.8, 4) is 0 Å². The molecular formula is C13H20N2O3. The average Bonchev–Trinajstić information content (AvgIpc) is 2.72. The molecule has 1 aliphatic rings. The van der Waals surface area contributed by atoms with Gasteiger partial charge in [0.25, 0.3) is 0 Å². The van der Waals surface area contributed by atoms with Crippen molar-refractivity contribution in [1.29, 1.82) is 0 Å². The van der Waals surface area contributed by atoms with Crippen LogP contribution in [-0.4, -0.2) is 26.6 Å². The summed E-state index contributed by atoms with van der Waals surface area (Å²) in [5.74, 6) is -0.893. The van der Waals surface area contributed by atoms with Crippen molar-refractivity contribution < 1.29 is 14.7 Å². The SMILES string of the molecule is CC1(C)CCCC(On2cccn2)(C(=O)O)CC1. The zero-order chi connectivity index (χ0) is 13.2. The Morgan fingerprint density at radius 2 is 2.11 bits per heavy atom. The number of aliphatic carboxylic acids is 1. The normalized spacial score (nSPS) is 27.4. The van der Waals surface area contributed by atoms with Gasteiger partial charge < -0.3 is 9.94 Å². The lowest BCUT2D eigenvalue weighted by Crippen LogP contribution is -2.48. The number of hydrogen-bond acceptors (Lipinski definition) is 3. The lowest BCUT2D eigenvalue weighted by Gasteiger charge is -2.28. The molecule has 1 fully saturated rings. The van der Waals surface area contributed by atoms with Gasteiger partial charge in [-0.1, -0.05) is 13.8 Å². The molecule has 0 amide bonds. The van der Waals surface area contributed by atoms with Gasteiger partial charge in [-0.25, -0.2) is 4.79 Å². The molecule has 1 unspecified atom stereocenters. The second-order valence-electron chi connectivity index (χ2n) is 5.82. The Morgan fingerprint density at radius 3 is 2.72 bits per heavy atom. The van der Waals surface area contributed by atoms with Gasteiger partial charge in [0, 0.05) is 12.8 Å². The minimum absolute atomic E-state index is 0.185. The third-order valence-corrected chi connectivity index (χ3v) is 3.78. The number of aromatic nitrogens is 2. The van der Waals surface area contributed by atoms with Gasteiger partial charge in [-0.2, -0.15) is 0 Å². The monoisotopic (exact) mass is 252 g/mol. The van der Waals surface area contributed by atoms with Gasteiger partial charge >= 0.3 is 5.97 Å². The molecule has 0 aromatic carbocycles. The van der Waals surface area contributed by atoms with Crippen molar-refractivity contribution in [1.82, 2.24) is 9.94 Å². The number of carboxylic acid groups (broad SMARTS) is 1. The van der Waals surface area contributed by atoms with Crippen LogP contribution in [0.15, 0.2) is 18.5 Å². The van der Waals surface area contributed by atoms with E-state index in [4.69, 9.17) is 4.84 Å². The Balaban J connectivity index is 2.19. The van der Waals surface area contributed by atoms with E-state index in [1.165, 1.54) is 4.85 Å². The van der Waals surface area contributed by atoms with Gasteiger partial charge in [0.1, 0.15) is 0 Å².